The number of alkyl carbamates (subject to hydrolysis) is 1. The number of hydrogen-bond donors (Lipinski definition) is 1. The molecule has 5 heteroatoms. The molecule has 0 spiro atoms. The zero-order valence-electron chi connectivity index (χ0n) is 12.0. The van der Waals surface area contributed by atoms with Crippen LogP contribution in [0.1, 0.15) is 40.0 Å². The first-order chi connectivity index (χ1) is 8.58. The van der Waals surface area contributed by atoms with Gasteiger partial charge in [0.05, 0.1) is 13.2 Å². The van der Waals surface area contributed by atoms with Crippen molar-refractivity contribution in [3.8, 4) is 0 Å². The van der Waals surface area contributed by atoms with Gasteiger partial charge in [-0.1, -0.05) is 20.8 Å². The van der Waals surface area contributed by atoms with E-state index < -0.39 is 12.1 Å². The topological polar surface area (TPSA) is 58.6 Å². The SMILES string of the molecule is CCCC(=O)C(CCN(CC)CC)NC(=O)OC. The number of ether oxygens (including phenoxy) is 1. The fraction of sp³-hybridized carbons (Fsp3) is 0.846. The Hall–Kier alpha value is -1.10. The van der Waals surface area contributed by atoms with Gasteiger partial charge >= 0.3 is 6.09 Å². The molecule has 0 aliphatic heterocycles. The average Bonchev–Trinajstić information content (AvgIpc) is 2.38. The second kappa shape index (κ2) is 9.88. The third kappa shape index (κ3) is 6.59. The van der Waals surface area contributed by atoms with E-state index >= 15 is 0 Å². The molecule has 0 aromatic heterocycles. The summed E-state index contributed by atoms with van der Waals surface area (Å²) >= 11 is 0. The number of amides is 1. The van der Waals surface area contributed by atoms with E-state index in [0.29, 0.717) is 12.8 Å². The Morgan fingerprint density at radius 3 is 2.28 bits per heavy atom. The minimum absolute atomic E-state index is 0.0788. The van der Waals surface area contributed by atoms with Gasteiger partial charge in [-0.15, -0.1) is 0 Å². The van der Waals surface area contributed by atoms with Crippen molar-refractivity contribution >= 4 is 11.9 Å². The van der Waals surface area contributed by atoms with Gasteiger partial charge in [-0.2, -0.15) is 0 Å². The molecule has 1 amide bonds. The molecule has 1 atom stereocenters. The number of methoxy groups -OCH3 is 1. The van der Waals surface area contributed by atoms with E-state index in [1.807, 2.05) is 6.92 Å². The van der Waals surface area contributed by atoms with Gasteiger partial charge in [-0.05, 0) is 25.9 Å². The molecule has 0 saturated heterocycles. The molecule has 0 bridgehead atoms. The van der Waals surface area contributed by atoms with Crippen molar-refractivity contribution in [3.63, 3.8) is 0 Å². The molecule has 0 aliphatic rings. The molecule has 5 nitrogen and oxygen atoms in total. The summed E-state index contributed by atoms with van der Waals surface area (Å²) < 4.78 is 4.55. The average molecular weight is 258 g/mol. The van der Waals surface area contributed by atoms with Crippen LogP contribution in [0.2, 0.25) is 0 Å². The van der Waals surface area contributed by atoms with Gasteiger partial charge in [0.2, 0.25) is 0 Å². The van der Waals surface area contributed by atoms with E-state index in [0.717, 1.165) is 26.1 Å². The number of ketones is 1. The van der Waals surface area contributed by atoms with Crippen LogP contribution in [0.3, 0.4) is 0 Å². The van der Waals surface area contributed by atoms with Gasteiger partial charge in [-0.25, -0.2) is 4.79 Å². The molecule has 1 N–H and O–H groups in total. The lowest BCUT2D eigenvalue weighted by Gasteiger charge is -2.22. The third-order valence-corrected chi connectivity index (χ3v) is 2.99. The van der Waals surface area contributed by atoms with Crippen molar-refractivity contribution < 1.29 is 14.3 Å². The van der Waals surface area contributed by atoms with Gasteiger partial charge in [-0.3, -0.25) is 4.79 Å². The number of nitrogens with zero attached hydrogens (tertiary/aromatic N) is 1. The highest BCUT2D eigenvalue weighted by molar-refractivity contribution is 5.87. The highest BCUT2D eigenvalue weighted by Gasteiger charge is 2.20. The molecule has 18 heavy (non-hydrogen) atoms. The van der Waals surface area contributed by atoms with Crippen molar-refractivity contribution in [2.45, 2.75) is 46.1 Å². The largest absolute Gasteiger partial charge is 0.453 e. The van der Waals surface area contributed by atoms with Gasteiger partial charge in [0, 0.05) is 13.0 Å². The summed E-state index contributed by atoms with van der Waals surface area (Å²) in [7, 11) is 1.31. The Bertz CT molecular complexity index is 253. The lowest BCUT2D eigenvalue weighted by atomic mass is 10.0. The summed E-state index contributed by atoms with van der Waals surface area (Å²) in [6, 6.07) is -0.432. The Labute approximate surface area is 110 Å². The summed E-state index contributed by atoms with van der Waals surface area (Å²) in [6.07, 6.45) is 1.38. The fourth-order valence-electron chi connectivity index (χ4n) is 1.79. The van der Waals surface area contributed by atoms with Crippen molar-refractivity contribution in [2.75, 3.05) is 26.7 Å². The van der Waals surface area contributed by atoms with Crippen LogP contribution in [-0.2, 0) is 9.53 Å². The highest BCUT2D eigenvalue weighted by atomic mass is 16.5. The summed E-state index contributed by atoms with van der Waals surface area (Å²) in [4.78, 5) is 25.3. The van der Waals surface area contributed by atoms with E-state index in [-0.39, 0.29) is 5.78 Å². The van der Waals surface area contributed by atoms with Gasteiger partial charge in [0.15, 0.2) is 5.78 Å². The normalized spacial score (nSPS) is 12.3. The zero-order chi connectivity index (χ0) is 14.0. The van der Waals surface area contributed by atoms with Crippen LogP contribution < -0.4 is 5.32 Å². The van der Waals surface area contributed by atoms with Crippen molar-refractivity contribution in [1.29, 1.82) is 0 Å². The Balaban J connectivity index is 4.36. The van der Waals surface area contributed by atoms with Crippen LogP contribution in [0.4, 0.5) is 4.79 Å². The molecule has 0 heterocycles. The number of hydrogen-bond acceptors (Lipinski definition) is 4. The Morgan fingerprint density at radius 1 is 1.22 bits per heavy atom. The molecule has 0 aromatic rings. The van der Waals surface area contributed by atoms with E-state index in [4.69, 9.17) is 0 Å². The summed E-state index contributed by atoms with van der Waals surface area (Å²) in [6.45, 7) is 8.82. The monoisotopic (exact) mass is 258 g/mol. The van der Waals surface area contributed by atoms with Gasteiger partial charge in [0.25, 0.3) is 0 Å². The number of Topliss-reactive ketones (excluding diaryl/α,β-unsaturated/α-hetero) is 1. The molecule has 106 valence electrons. The molecule has 0 aliphatic carbocycles. The second-order valence-electron chi connectivity index (χ2n) is 4.22. The Kier molecular flexibility index (Phi) is 9.28. The quantitative estimate of drug-likeness (QED) is 0.685. The predicted octanol–water partition coefficient (Wildman–Crippen LogP) is 1.81. The summed E-state index contributed by atoms with van der Waals surface area (Å²) in [5.74, 6) is 0.0788. The molecular weight excluding hydrogens is 232 g/mol. The first-order valence-electron chi connectivity index (χ1n) is 6.68. The predicted molar refractivity (Wildman–Crippen MR) is 71.6 cm³/mol. The van der Waals surface area contributed by atoms with Crippen LogP contribution >= 0.6 is 0 Å². The van der Waals surface area contributed by atoms with Crippen LogP contribution in [0, 0.1) is 0 Å². The number of rotatable bonds is 9. The molecule has 0 radical (unpaired) electrons. The van der Waals surface area contributed by atoms with Crippen molar-refractivity contribution in [3.05, 3.63) is 0 Å². The fourth-order valence-corrected chi connectivity index (χ4v) is 1.79. The standard InChI is InChI=1S/C13H26N2O3/c1-5-8-12(16)11(14-13(17)18-4)9-10-15(6-2)7-3/h11H,5-10H2,1-4H3,(H,14,17). The summed E-state index contributed by atoms with van der Waals surface area (Å²) in [5.41, 5.74) is 0. The van der Waals surface area contributed by atoms with Gasteiger partial charge < -0.3 is 15.0 Å². The second-order valence-corrected chi connectivity index (χ2v) is 4.22. The third-order valence-electron chi connectivity index (χ3n) is 2.99. The van der Waals surface area contributed by atoms with Crippen LogP contribution in [-0.4, -0.2) is 49.6 Å². The number of carbonyl (C=O) groups excluding carboxylic acids is 2. The number of carbonyl (C=O) groups is 2. The van der Waals surface area contributed by atoms with E-state index in [2.05, 4.69) is 28.8 Å². The zero-order valence-corrected chi connectivity index (χ0v) is 12.0. The lowest BCUT2D eigenvalue weighted by molar-refractivity contribution is -0.121. The van der Waals surface area contributed by atoms with E-state index in [1.165, 1.54) is 7.11 Å². The van der Waals surface area contributed by atoms with Crippen molar-refractivity contribution in [1.82, 2.24) is 10.2 Å². The van der Waals surface area contributed by atoms with E-state index in [9.17, 15) is 9.59 Å². The van der Waals surface area contributed by atoms with Crippen LogP contribution in [0.25, 0.3) is 0 Å². The van der Waals surface area contributed by atoms with E-state index in [1.54, 1.807) is 0 Å². The lowest BCUT2D eigenvalue weighted by Crippen LogP contribution is -2.43. The molecule has 0 rings (SSSR count). The molecule has 0 saturated carbocycles. The first kappa shape index (κ1) is 16.9. The molecule has 0 fully saturated rings. The van der Waals surface area contributed by atoms with Crippen molar-refractivity contribution in [2.24, 2.45) is 0 Å². The molecule has 1 unspecified atom stereocenters. The maximum Gasteiger partial charge on any atom is 0.407 e. The molecule has 0 aromatic carbocycles. The minimum atomic E-state index is -0.538. The highest BCUT2D eigenvalue weighted by Crippen LogP contribution is 2.03. The summed E-state index contributed by atoms with van der Waals surface area (Å²) in [5, 5.41) is 2.62. The minimum Gasteiger partial charge on any atom is -0.453 e. The maximum atomic E-state index is 11.9. The Morgan fingerprint density at radius 2 is 1.83 bits per heavy atom. The number of nitrogens with one attached hydrogen (secondary N) is 1. The van der Waals surface area contributed by atoms with Crippen LogP contribution in [0.5, 0.6) is 0 Å². The smallest absolute Gasteiger partial charge is 0.407 e. The molecular formula is C13H26N2O3. The first-order valence-corrected chi connectivity index (χ1v) is 6.68. The van der Waals surface area contributed by atoms with Gasteiger partial charge in [0.1, 0.15) is 0 Å². The maximum absolute atomic E-state index is 11.9. The van der Waals surface area contributed by atoms with Crippen LogP contribution in [0.15, 0.2) is 0 Å².